The molecule has 2 aromatic rings. The SMILES string of the molecule is O=C(c1ccc(-c2ccco2)nc1)N1CCC(F)(F)CC1. The number of rotatable bonds is 2. The molecule has 1 saturated heterocycles. The second-order valence-electron chi connectivity index (χ2n) is 5.06. The molecule has 3 heterocycles. The number of carbonyl (C=O) groups excluding carboxylic acids is 1. The van der Waals surface area contributed by atoms with Crippen LogP contribution in [0.1, 0.15) is 23.2 Å². The number of piperidine rings is 1. The number of likely N-dealkylation sites (tertiary alicyclic amines) is 1. The Morgan fingerprint density at radius 3 is 2.57 bits per heavy atom. The molecule has 0 radical (unpaired) electrons. The Bertz CT molecular complexity index is 614. The Morgan fingerprint density at radius 2 is 2.00 bits per heavy atom. The predicted molar refractivity (Wildman–Crippen MR) is 72.0 cm³/mol. The summed E-state index contributed by atoms with van der Waals surface area (Å²) in [5.74, 6) is -2.30. The molecule has 0 N–H and O–H groups in total. The van der Waals surface area contributed by atoms with Gasteiger partial charge < -0.3 is 9.32 Å². The first kappa shape index (κ1) is 13.7. The highest BCUT2D eigenvalue weighted by Crippen LogP contribution is 2.28. The lowest BCUT2D eigenvalue weighted by atomic mass is 10.1. The van der Waals surface area contributed by atoms with Crippen molar-refractivity contribution in [3.8, 4) is 11.5 Å². The van der Waals surface area contributed by atoms with Crippen LogP contribution in [-0.4, -0.2) is 34.8 Å². The molecule has 0 atom stereocenters. The molecular weight excluding hydrogens is 278 g/mol. The van der Waals surface area contributed by atoms with Gasteiger partial charge in [-0.15, -0.1) is 0 Å². The van der Waals surface area contributed by atoms with E-state index in [1.54, 1.807) is 30.5 Å². The fourth-order valence-electron chi connectivity index (χ4n) is 2.31. The van der Waals surface area contributed by atoms with Crippen LogP contribution in [0.3, 0.4) is 0 Å². The van der Waals surface area contributed by atoms with Gasteiger partial charge in [-0.25, -0.2) is 8.78 Å². The summed E-state index contributed by atoms with van der Waals surface area (Å²) in [6.45, 7) is 0.150. The molecule has 21 heavy (non-hydrogen) atoms. The van der Waals surface area contributed by atoms with E-state index in [9.17, 15) is 13.6 Å². The zero-order chi connectivity index (χ0) is 14.9. The van der Waals surface area contributed by atoms with E-state index in [0.29, 0.717) is 17.0 Å². The molecule has 4 nitrogen and oxygen atoms in total. The van der Waals surface area contributed by atoms with Crippen molar-refractivity contribution >= 4 is 5.91 Å². The van der Waals surface area contributed by atoms with Crippen LogP contribution in [-0.2, 0) is 0 Å². The number of hydrogen-bond donors (Lipinski definition) is 0. The predicted octanol–water partition coefficient (Wildman–Crippen LogP) is 3.21. The van der Waals surface area contributed by atoms with Crippen LogP contribution in [0.2, 0.25) is 0 Å². The average Bonchev–Trinajstić information content (AvgIpc) is 3.01. The van der Waals surface area contributed by atoms with Crippen LogP contribution in [0.15, 0.2) is 41.1 Å². The third-order valence-corrected chi connectivity index (χ3v) is 3.57. The van der Waals surface area contributed by atoms with Crippen molar-refractivity contribution < 1.29 is 18.0 Å². The molecule has 0 aromatic carbocycles. The van der Waals surface area contributed by atoms with Crippen LogP contribution in [0, 0.1) is 0 Å². The summed E-state index contributed by atoms with van der Waals surface area (Å²) in [4.78, 5) is 17.8. The van der Waals surface area contributed by atoms with Gasteiger partial charge in [0.05, 0.1) is 11.8 Å². The third-order valence-electron chi connectivity index (χ3n) is 3.57. The molecule has 3 rings (SSSR count). The third kappa shape index (κ3) is 2.94. The van der Waals surface area contributed by atoms with Gasteiger partial charge in [0.1, 0.15) is 5.69 Å². The van der Waals surface area contributed by atoms with Crippen molar-refractivity contribution in [2.24, 2.45) is 0 Å². The van der Waals surface area contributed by atoms with Crippen LogP contribution in [0.25, 0.3) is 11.5 Å². The zero-order valence-electron chi connectivity index (χ0n) is 11.3. The van der Waals surface area contributed by atoms with E-state index >= 15 is 0 Å². The highest BCUT2D eigenvalue weighted by Gasteiger charge is 2.35. The van der Waals surface area contributed by atoms with Gasteiger partial charge in [-0.3, -0.25) is 9.78 Å². The Hall–Kier alpha value is -2.24. The molecule has 0 saturated carbocycles. The van der Waals surface area contributed by atoms with Gasteiger partial charge >= 0.3 is 0 Å². The Kier molecular flexibility index (Phi) is 3.45. The van der Waals surface area contributed by atoms with Gasteiger partial charge in [-0.05, 0) is 24.3 Å². The molecule has 1 aliphatic rings. The first-order valence-corrected chi connectivity index (χ1v) is 6.72. The van der Waals surface area contributed by atoms with E-state index in [0.717, 1.165) is 0 Å². The number of carbonyl (C=O) groups is 1. The molecule has 1 fully saturated rings. The van der Waals surface area contributed by atoms with E-state index in [1.807, 2.05) is 0 Å². The summed E-state index contributed by atoms with van der Waals surface area (Å²) in [5.41, 5.74) is 1.03. The molecule has 0 aliphatic carbocycles. The van der Waals surface area contributed by atoms with E-state index in [2.05, 4.69) is 4.98 Å². The lowest BCUT2D eigenvalue weighted by Gasteiger charge is -2.31. The molecule has 0 unspecified atom stereocenters. The quantitative estimate of drug-likeness (QED) is 0.854. The number of halogens is 2. The summed E-state index contributed by atoms with van der Waals surface area (Å²) < 4.78 is 31.4. The number of hydrogen-bond acceptors (Lipinski definition) is 3. The maximum Gasteiger partial charge on any atom is 0.255 e. The van der Waals surface area contributed by atoms with Gasteiger partial charge in [0.2, 0.25) is 0 Å². The van der Waals surface area contributed by atoms with E-state index < -0.39 is 5.92 Å². The van der Waals surface area contributed by atoms with Crippen LogP contribution < -0.4 is 0 Å². The number of aromatic nitrogens is 1. The maximum absolute atomic E-state index is 13.1. The van der Waals surface area contributed by atoms with Crippen molar-refractivity contribution in [1.82, 2.24) is 9.88 Å². The molecule has 110 valence electrons. The lowest BCUT2D eigenvalue weighted by Crippen LogP contribution is -2.42. The summed E-state index contributed by atoms with van der Waals surface area (Å²) >= 11 is 0. The molecule has 0 bridgehead atoms. The topological polar surface area (TPSA) is 46.3 Å². The zero-order valence-corrected chi connectivity index (χ0v) is 11.3. The number of alkyl halides is 2. The van der Waals surface area contributed by atoms with Gasteiger partial charge in [-0.2, -0.15) is 0 Å². The van der Waals surface area contributed by atoms with Crippen molar-refractivity contribution in [2.75, 3.05) is 13.1 Å². The number of pyridine rings is 1. The first-order valence-electron chi connectivity index (χ1n) is 6.72. The summed E-state index contributed by atoms with van der Waals surface area (Å²) in [6.07, 6.45) is 2.43. The minimum atomic E-state index is -2.65. The summed E-state index contributed by atoms with van der Waals surface area (Å²) in [5, 5.41) is 0. The second kappa shape index (κ2) is 5.27. The van der Waals surface area contributed by atoms with Crippen LogP contribution in [0.5, 0.6) is 0 Å². The molecular formula is C15H14F2N2O2. The number of furan rings is 1. The molecule has 1 amide bonds. The monoisotopic (exact) mass is 292 g/mol. The van der Waals surface area contributed by atoms with Gasteiger partial charge in [0, 0.05) is 32.1 Å². The van der Waals surface area contributed by atoms with Crippen molar-refractivity contribution in [1.29, 1.82) is 0 Å². The highest BCUT2D eigenvalue weighted by molar-refractivity contribution is 5.94. The summed E-state index contributed by atoms with van der Waals surface area (Å²) in [6, 6.07) is 6.85. The van der Waals surface area contributed by atoms with Gasteiger partial charge in [-0.1, -0.05) is 0 Å². The number of nitrogens with zero attached hydrogens (tertiary/aromatic N) is 2. The minimum absolute atomic E-state index is 0.0752. The first-order chi connectivity index (χ1) is 10.1. The van der Waals surface area contributed by atoms with E-state index in [-0.39, 0.29) is 31.8 Å². The lowest BCUT2D eigenvalue weighted by molar-refractivity contribution is -0.0494. The van der Waals surface area contributed by atoms with E-state index in [1.165, 1.54) is 11.1 Å². The Labute approximate surface area is 120 Å². The smallest absolute Gasteiger partial charge is 0.255 e. The fraction of sp³-hybridized carbons (Fsp3) is 0.333. The Balaban J connectivity index is 1.71. The summed E-state index contributed by atoms with van der Waals surface area (Å²) in [7, 11) is 0. The van der Waals surface area contributed by atoms with Crippen molar-refractivity contribution in [3.63, 3.8) is 0 Å². The molecule has 0 spiro atoms. The second-order valence-corrected chi connectivity index (χ2v) is 5.06. The highest BCUT2D eigenvalue weighted by atomic mass is 19.3. The Morgan fingerprint density at radius 1 is 1.24 bits per heavy atom. The van der Waals surface area contributed by atoms with E-state index in [4.69, 9.17) is 4.42 Å². The molecule has 1 aliphatic heterocycles. The largest absolute Gasteiger partial charge is 0.463 e. The normalized spacial score (nSPS) is 17.7. The average molecular weight is 292 g/mol. The van der Waals surface area contributed by atoms with Gasteiger partial charge in [0.15, 0.2) is 5.76 Å². The minimum Gasteiger partial charge on any atom is -0.463 e. The maximum atomic E-state index is 13.1. The van der Waals surface area contributed by atoms with Crippen LogP contribution >= 0.6 is 0 Å². The molecule has 6 heteroatoms. The fourth-order valence-corrected chi connectivity index (χ4v) is 2.31. The van der Waals surface area contributed by atoms with Crippen LogP contribution in [0.4, 0.5) is 8.78 Å². The van der Waals surface area contributed by atoms with Crippen molar-refractivity contribution in [3.05, 3.63) is 42.3 Å². The van der Waals surface area contributed by atoms with Crippen molar-refractivity contribution in [2.45, 2.75) is 18.8 Å². The van der Waals surface area contributed by atoms with Gasteiger partial charge in [0.25, 0.3) is 11.8 Å². The standard InChI is InChI=1S/C15H14F2N2O2/c16-15(17)5-7-19(8-6-15)14(20)11-3-4-12(18-10-11)13-2-1-9-21-13/h1-4,9-10H,5-8H2. The number of amides is 1. The molecule has 2 aromatic heterocycles.